The van der Waals surface area contributed by atoms with Gasteiger partial charge in [-0.2, -0.15) is 0 Å². The quantitative estimate of drug-likeness (QED) is 0.472. The average Bonchev–Trinajstić information content (AvgIpc) is 3.40. The number of anilines is 1. The summed E-state index contributed by atoms with van der Waals surface area (Å²) in [6.07, 6.45) is 1.59. The van der Waals surface area contributed by atoms with E-state index in [0.29, 0.717) is 22.2 Å². The molecule has 6 nitrogen and oxygen atoms in total. The van der Waals surface area contributed by atoms with Gasteiger partial charge in [-0.3, -0.25) is 9.69 Å². The first-order valence-electron chi connectivity index (χ1n) is 8.61. The van der Waals surface area contributed by atoms with Crippen molar-refractivity contribution in [2.75, 3.05) is 19.1 Å². The van der Waals surface area contributed by atoms with Crippen LogP contribution in [0.3, 0.4) is 0 Å². The van der Waals surface area contributed by atoms with Gasteiger partial charge >= 0.3 is 0 Å². The summed E-state index contributed by atoms with van der Waals surface area (Å²) < 4.78 is 16.9. The average molecular weight is 394 g/mol. The van der Waals surface area contributed by atoms with Crippen LogP contribution in [0.15, 0.2) is 65.3 Å². The Bertz CT molecular complexity index is 1100. The minimum absolute atomic E-state index is 0.179. The molecule has 142 valence electrons. The van der Waals surface area contributed by atoms with Gasteiger partial charge in [0, 0.05) is 5.56 Å². The van der Waals surface area contributed by atoms with Crippen molar-refractivity contribution in [1.82, 2.24) is 4.98 Å². The van der Waals surface area contributed by atoms with Crippen LogP contribution in [0.5, 0.6) is 11.5 Å². The molecular weight excluding hydrogens is 376 g/mol. The number of carbonyl (C=O) groups is 1. The predicted molar refractivity (Wildman–Crippen MR) is 108 cm³/mol. The van der Waals surface area contributed by atoms with Crippen molar-refractivity contribution in [3.8, 4) is 11.5 Å². The number of ether oxygens (including phenoxy) is 2. The topological polar surface area (TPSA) is 64.8 Å². The first kappa shape index (κ1) is 18.1. The van der Waals surface area contributed by atoms with Crippen LogP contribution < -0.4 is 14.4 Å². The molecule has 0 atom stereocenters. The molecule has 0 saturated heterocycles. The highest BCUT2D eigenvalue weighted by Crippen LogP contribution is 2.33. The van der Waals surface area contributed by atoms with Gasteiger partial charge in [0.05, 0.1) is 37.2 Å². The summed E-state index contributed by atoms with van der Waals surface area (Å²) in [6.45, 7) is 0.278. The Balaban J connectivity index is 1.75. The number of nitrogens with zero attached hydrogens (tertiary/aromatic N) is 2. The highest BCUT2D eigenvalue weighted by atomic mass is 32.1. The Morgan fingerprint density at radius 3 is 2.64 bits per heavy atom. The van der Waals surface area contributed by atoms with Gasteiger partial charge in [0.25, 0.3) is 5.91 Å². The molecule has 2 aromatic heterocycles. The number of hydrogen-bond donors (Lipinski definition) is 0. The maximum Gasteiger partial charge on any atom is 0.260 e. The predicted octanol–water partition coefficient (Wildman–Crippen LogP) is 4.75. The number of rotatable bonds is 6. The summed E-state index contributed by atoms with van der Waals surface area (Å²) in [6, 6.07) is 16.4. The molecule has 2 aromatic carbocycles. The fourth-order valence-corrected chi connectivity index (χ4v) is 3.82. The molecule has 0 unspecified atom stereocenters. The molecule has 0 bridgehead atoms. The van der Waals surface area contributed by atoms with Gasteiger partial charge in [-0.15, -0.1) is 0 Å². The lowest BCUT2D eigenvalue weighted by molar-refractivity contribution is 0.0983. The van der Waals surface area contributed by atoms with Crippen LogP contribution in [0.25, 0.3) is 10.2 Å². The molecule has 0 aliphatic rings. The van der Waals surface area contributed by atoms with Gasteiger partial charge in [0.1, 0.15) is 17.3 Å². The summed E-state index contributed by atoms with van der Waals surface area (Å²) in [5, 5.41) is 0.590. The van der Waals surface area contributed by atoms with E-state index in [9.17, 15) is 4.79 Å². The third-order valence-electron chi connectivity index (χ3n) is 4.27. The molecule has 4 rings (SSSR count). The second kappa shape index (κ2) is 7.74. The molecule has 0 aliphatic heterocycles. The number of thiazole rings is 1. The Kier molecular flexibility index (Phi) is 4.99. The zero-order valence-electron chi connectivity index (χ0n) is 15.4. The van der Waals surface area contributed by atoms with Crippen molar-refractivity contribution < 1.29 is 18.7 Å². The Hall–Kier alpha value is -3.32. The van der Waals surface area contributed by atoms with Crippen molar-refractivity contribution >= 4 is 32.6 Å². The maximum absolute atomic E-state index is 13.3. The third kappa shape index (κ3) is 3.57. The van der Waals surface area contributed by atoms with Crippen LogP contribution in [0, 0.1) is 0 Å². The molecule has 4 aromatic rings. The molecule has 0 fully saturated rings. The smallest absolute Gasteiger partial charge is 0.260 e. The second-order valence-corrected chi connectivity index (χ2v) is 7.04. The lowest BCUT2D eigenvalue weighted by atomic mass is 10.2. The Labute approximate surface area is 165 Å². The lowest BCUT2D eigenvalue weighted by Crippen LogP contribution is -2.30. The van der Waals surface area contributed by atoms with Crippen LogP contribution in [0.1, 0.15) is 16.1 Å². The number of methoxy groups -OCH3 is 2. The van der Waals surface area contributed by atoms with Gasteiger partial charge in [0.2, 0.25) is 0 Å². The van der Waals surface area contributed by atoms with Crippen LogP contribution in [-0.2, 0) is 6.54 Å². The molecule has 1 amide bonds. The first-order valence-corrected chi connectivity index (χ1v) is 9.42. The minimum atomic E-state index is -0.179. The molecule has 2 heterocycles. The van der Waals surface area contributed by atoms with E-state index in [4.69, 9.17) is 13.9 Å². The van der Waals surface area contributed by atoms with Crippen molar-refractivity contribution in [2.45, 2.75) is 6.54 Å². The monoisotopic (exact) mass is 394 g/mol. The Morgan fingerprint density at radius 1 is 1.07 bits per heavy atom. The number of benzene rings is 2. The second-order valence-electron chi connectivity index (χ2n) is 6.03. The van der Waals surface area contributed by atoms with Gasteiger partial charge < -0.3 is 13.9 Å². The van der Waals surface area contributed by atoms with E-state index in [0.717, 1.165) is 16.0 Å². The van der Waals surface area contributed by atoms with Gasteiger partial charge in [-0.1, -0.05) is 17.4 Å². The van der Waals surface area contributed by atoms with Crippen LogP contribution in [0.2, 0.25) is 0 Å². The first-order chi connectivity index (χ1) is 13.7. The molecular formula is C21H18N2O4S. The number of carbonyl (C=O) groups excluding carboxylic acids is 1. The lowest BCUT2D eigenvalue weighted by Gasteiger charge is -2.19. The zero-order valence-corrected chi connectivity index (χ0v) is 16.2. The largest absolute Gasteiger partial charge is 0.497 e. The summed E-state index contributed by atoms with van der Waals surface area (Å²) in [7, 11) is 3.20. The highest BCUT2D eigenvalue weighted by molar-refractivity contribution is 7.22. The number of hydrogen-bond acceptors (Lipinski definition) is 6. The van der Waals surface area contributed by atoms with E-state index in [1.54, 1.807) is 55.7 Å². The van der Waals surface area contributed by atoms with Crippen LogP contribution in [-0.4, -0.2) is 25.1 Å². The number of fused-ring (bicyclic) bond motifs is 1. The van der Waals surface area contributed by atoms with E-state index in [1.807, 2.05) is 24.3 Å². The molecule has 7 heteroatoms. The van der Waals surface area contributed by atoms with Crippen LogP contribution in [0.4, 0.5) is 5.13 Å². The van der Waals surface area contributed by atoms with E-state index >= 15 is 0 Å². The summed E-state index contributed by atoms with van der Waals surface area (Å²) in [4.78, 5) is 19.6. The molecule has 0 spiro atoms. The highest BCUT2D eigenvalue weighted by Gasteiger charge is 2.23. The standard InChI is InChI=1S/C21H18N2O4S/c1-25-15-6-3-5-14(11-15)20(24)23(13-17-7-4-10-27-17)21-22-18-9-8-16(26-2)12-19(18)28-21/h3-12H,13H2,1-2H3. The molecule has 0 aliphatic carbocycles. The van der Waals surface area contributed by atoms with Gasteiger partial charge in [-0.25, -0.2) is 4.98 Å². The van der Waals surface area contributed by atoms with E-state index < -0.39 is 0 Å². The van der Waals surface area contributed by atoms with Crippen molar-refractivity contribution in [3.05, 3.63) is 72.2 Å². The third-order valence-corrected chi connectivity index (χ3v) is 5.31. The van der Waals surface area contributed by atoms with Crippen molar-refractivity contribution in [2.24, 2.45) is 0 Å². The fraction of sp³-hybridized carbons (Fsp3) is 0.143. The van der Waals surface area contributed by atoms with Crippen molar-refractivity contribution in [3.63, 3.8) is 0 Å². The summed E-state index contributed by atoms with van der Waals surface area (Å²) in [5.74, 6) is 1.87. The number of furan rings is 1. The van der Waals surface area contributed by atoms with Gasteiger partial charge in [-0.05, 0) is 48.5 Å². The minimum Gasteiger partial charge on any atom is -0.497 e. The SMILES string of the molecule is COc1cccc(C(=O)N(Cc2ccco2)c2nc3ccc(OC)cc3s2)c1. The van der Waals surface area contributed by atoms with Gasteiger partial charge in [0.15, 0.2) is 5.13 Å². The number of aromatic nitrogens is 1. The Morgan fingerprint density at radius 2 is 1.89 bits per heavy atom. The van der Waals surface area contributed by atoms with E-state index in [-0.39, 0.29) is 12.5 Å². The fourth-order valence-electron chi connectivity index (χ4n) is 2.83. The number of amides is 1. The molecule has 0 saturated carbocycles. The van der Waals surface area contributed by atoms with E-state index in [1.165, 1.54) is 11.3 Å². The molecule has 0 N–H and O–H groups in total. The molecule has 0 radical (unpaired) electrons. The van der Waals surface area contributed by atoms with Crippen molar-refractivity contribution in [1.29, 1.82) is 0 Å². The summed E-state index contributed by atoms with van der Waals surface area (Å²) in [5.41, 5.74) is 1.33. The molecule has 28 heavy (non-hydrogen) atoms. The van der Waals surface area contributed by atoms with Crippen LogP contribution >= 0.6 is 11.3 Å². The maximum atomic E-state index is 13.3. The summed E-state index contributed by atoms with van der Waals surface area (Å²) >= 11 is 1.43. The normalized spacial score (nSPS) is 10.8. The van der Waals surface area contributed by atoms with E-state index in [2.05, 4.69) is 4.98 Å². The zero-order chi connectivity index (χ0) is 19.5.